The quantitative estimate of drug-likeness (QED) is 0.534. The minimum atomic E-state index is -0.701. The number of carbonyl (C=O) groups is 1. The molecule has 5 nitrogen and oxygen atoms in total. The highest BCUT2D eigenvalue weighted by molar-refractivity contribution is 5.75. The molecule has 170 valence electrons. The van der Waals surface area contributed by atoms with Crippen molar-refractivity contribution in [2.24, 2.45) is 5.92 Å². The Balaban J connectivity index is 2.13. The van der Waals surface area contributed by atoms with E-state index in [1.807, 2.05) is 57.2 Å². The summed E-state index contributed by atoms with van der Waals surface area (Å²) in [5, 5.41) is 17.7. The fraction of sp³-hybridized carbons (Fsp3) is 0.500. The van der Waals surface area contributed by atoms with Crippen molar-refractivity contribution in [1.82, 2.24) is 15.5 Å². The fourth-order valence-electron chi connectivity index (χ4n) is 3.49. The molecular weight excluding hydrogens is 386 g/mol. The SMILES string of the molecule is CC(C)CN(C[C@@H](O)[C@H](Cc1ccccc1)NCc1ccccc1)C(=O)NC(C)(C)C. The van der Waals surface area contributed by atoms with E-state index in [1.165, 1.54) is 0 Å². The van der Waals surface area contributed by atoms with Crippen LogP contribution in [0.1, 0.15) is 45.7 Å². The highest BCUT2D eigenvalue weighted by Crippen LogP contribution is 2.12. The summed E-state index contributed by atoms with van der Waals surface area (Å²) in [6.07, 6.45) is -0.0148. The second-order valence-corrected chi connectivity index (χ2v) is 9.71. The maximum absolute atomic E-state index is 12.9. The van der Waals surface area contributed by atoms with Crippen LogP contribution in [0.3, 0.4) is 0 Å². The lowest BCUT2D eigenvalue weighted by molar-refractivity contribution is 0.0823. The van der Waals surface area contributed by atoms with Crippen molar-refractivity contribution >= 4 is 6.03 Å². The monoisotopic (exact) mass is 425 g/mol. The van der Waals surface area contributed by atoms with E-state index < -0.39 is 6.10 Å². The van der Waals surface area contributed by atoms with Gasteiger partial charge in [0, 0.05) is 31.2 Å². The molecule has 2 rings (SSSR count). The fourth-order valence-corrected chi connectivity index (χ4v) is 3.49. The van der Waals surface area contributed by atoms with Gasteiger partial charge in [0.2, 0.25) is 0 Å². The topological polar surface area (TPSA) is 64.6 Å². The van der Waals surface area contributed by atoms with Crippen LogP contribution in [-0.4, -0.2) is 46.8 Å². The number of rotatable bonds is 10. The van der Waals surface area contributed by atoms with Gasteiger partial charge in [-0.3, -0.25) is 0 Å². The van der Waals surface area contributed by atoms with Crippen LogP contribution in [0.4, 0.5) is 4.79 Å². The number of urea groups is 1. The molecule has 31 heavy (non-hydrogen) atoms. The molecule has 5 heteroatoms. The Morgan fingerprint density at radius 2 is 1.48 bits per heavy atom. The van der Waals surface area contributed by atoms with Crippen molar-refractivity contribution in [3.63, 3.8) is 0 Å². The summed E-state index contributed by atoms with van der Waals surface area (Å²) in [7, 11) is 0. The standard InChI is InChI=1S/C26H39N3O2/c1-20(2)18-29(25(31)28-26(3,4)5)19-24(30)23(16-21-12-8-6-9-13-21)27-17-22-14-10-7-11-15-22/h6-15,20,23-24,27,30H,16-19H2,1-5H3,(H,28,31)/t23-,24+/m0/s1. The number of hydrogen-bond donors (Lipinski definition) is 3. The Kier molecular flexibility index (Phi) is 9.53. The minimum absolute atomic E-state index is 0.137. The molecule has 0 aliphatic heterocycles. The lowest BCUT2D eigenvalue weighted by atomic mass is 10.00. The molecule has 2 aromatic carbocycles. The highest BCUT2D eigenvalue weighted by atomic mass is 16.3. The molecule has 2 aromatic rings. The van der Waals surface area contributed by atoms with Crippen molar-refractivity contribution in [3.8, 4) is 0 Å². The molecule has 0 saturated heterocycles. The molecule has 0 aliphatic carbocycles. The van der Waals surface area contributed by atoms with Crippen LogP contribution in [-0.2, 0) is 13.0 Å². The maximum atomic E-state index is 12.9. The molecule has 0 unspecified atom stereocenters. The van der Waals surface area contributed by atoms with Gasteiger partial charge in [0.25, 0.3) is 0 Å². The summed E-state index contributed by atoms with van der Waals surface area (Å²) in [6, 6.07) is 20.0. The van der Waals surface area contributed by atoms with Gasteiger partial charge in [-0.25, -0.2) is 4.79 Å². The Morgan fingerprint density at radius 1 is 0.935 bits per heavy atom. The number of aliphatic hydroxyl groups excluding tert-OH is 1. The molecule has 0 heterocycles. The number of carbonyl (C=O) groups excluding carboxylic acids is 1. The van der Waals surface area contributed by atoms with E-state index in [9.17, 15) is 9.90 Å². The van der Waals surface area contributed by atoms with E-state index in [1.54, 1.807) is 4.90 Å². The summed E-state index contributed by atoms with van der Waals surface area (Å²) >= 11 is 0. The molecule has 0 aliphatic rings. The Morgan fingerprint density at radius 3 is 2.00 bits per heavy atom. The summed E-state index contributed by atoms with van der Waals surface area (Å²) in [6.45, 7) is 11.6. The molecule has 0 saturated carbocycles. The third-order valence-corrected chi connectivity index (χ3v) is 4.94. The molecule has 2 amide bonds. The van der Waals surface area contributed by atoms with Crippen LogP contribution in [0.15, 0.2) is 60.7 Å². The van der Waals surface area contributed by atoms with Gasteiger partial charge in [0.15, 0.2) is 0 Å². The van der Waals surface area contributed by atoms with Gasteiger partial charge in [0.05, 0.1) is 6.10 Å². The zero-order valence-electron chi connectivity index (χ0n) is 19.6. The van der Waals surface area contributed by atoms with Gasteiger partial charge in [-0.1, -0.05) is 74.5 Å². The average Bonchev–Trinajstić information content (AvgIpc) is 2.70. The third kappa shape index (κ3) is 9.53. The first-order valence-electron chi connectivity index (χ1n) is 11.2. The Bertz CT molecular complexity index is 772. The molecule has 0 spiro atoms. The zero-order chi connectivity index (χ0) is 22.9. The maximum Gasteiger partial charge on any atom is 0.317 e. The third-order valence-electron chi connectivity index (χ3n) is 4.94. The van der Waals surface area contributed by atoms with Crippen molar-refractivity contribution in [3.05, 3.63) is 71.8 Å². The van der Waals surface area contributed by atoms with Crippen LogP contribution in [0, 0.1) is 5.92 Å². The predicted octanol–water partition coefficient (Wildman–Crippen LogP) is 4.21. The van der Waals surface area contributed by atoms with Gasteiger partial charge in [-0.15, -0.1) is 0 Å². The van der Waals surface area contributed by atoms with Crippen molar-refractivity contribution in [2.75, 3.05) is 13.1 Å². The normalized spacial score (nSPS) is 13.6. The van der Waals surface area contributed by atoms with Gasteiger partial charge in [0.1, 0.15) is 0 Å². The molecule has 3 N–H and O–H groups in total. The molecule has 0 fully saturated rings. The van der Waals surface area contributed by atoms with Gasteiger partial charge in [-0.05, 0) is 44.2 Å². The van der Waals surface area contributed by atoms with E-state index in [0.29, 0.717) is 25.4 Å². The number of hydrogen-bond acceptors (Lipinski definition) is 3. The molecule has 0 aromatic heterocycles. The second-order valence-electron chi connectivity index (χ2n) is 9.71. The summed E-state index contributed by atoms with van der Waals surface area (Å²) in [5.41, 5.74) is 1.99. The smallest absolute Gasteiger partial charge is 0.317 e. The first-order valence-corrected chi connectivity index (χ1v) is 11.2. The Labute approximate surface area is 187 Å². The molecule has 2 atom stereocenters. The molecule has 0 radical (unpaired) electrons. The number of benzene rings is 2. The minimum Gasteiger partial charge on any atom is -0.390 e. The van der Waals surface area contributed by atoms with Crippen molar-refractivity contribution < 1.29 is 9.90 Å². The highest BCUT2D eigenvalue weighted by Gasteiger charge is 2.27. The van der Waals surface area contributed by atoms with Gasteiger partial charge in [-0.2, -0.15) is 0 Å². The van der Waals surface area contributed by atoms with Gasteiger partial charge >= 0.3 is 6.03 Å². The first kappa shape index (κ1) is 24.9. The first-order chi connectivity index (χ1) is 14.6. The lowest BCUT2D eigenvalue weighted by Gasteiger charge is -2.33. The van der Waals surface area contributed by atoms with E-state index in [4.69, 9.17) is 0 Å². The Hall–Kier alpha value is -2.37. The van der Waals surface area contributed by atoms with Crippen LogP contribution in [0.25, 0.3) is 0 Å². The van der Waals surface area contributed by atoms with Crippen LogP contribution in [0.5, 0.6) is 0 Å². The number of amides is 2. The van der Waals surface area contributed by atoms with Crippen molar-refractivity contribution in [2.45, 2.75) is 65.3 Å². The molecule has 0 bridgehead atoms. The van der Waals surface area contributed by atoms with E-state index in [0.717, 1.165) is 11.1 Å². The number of aliphatic hydroxyl groups is 1. The van der Waals surface area contributed by atoms with Crippen molar-refractivity contribution in [1.29, 1.82) is 0 Å². The predicted molar refractivity (Wildman–Crippen MR) is 128 cm³/mol. The van der Waals surface area contributed by atoms with Gasteiger partial charge < -0.3 is 20.6 Å². The molecular formula is C26H39N3O2. The summed E-state index contributed by atoms with van der Waals surface area (Å²) in [4.78, 5) is 14.6. The van der Waals surface area contributed by atoms with E-state index in [2.05, 4.69) is 48.7 Å². The van der Waals surface area contributed by atoms with E-state index >= 15 is 0 Å². The number of nitrogens with one attached hydrogen (secondary N) is 2. The zero-order valence-corrected chi connectivity index (χ0v) is 19.6. The lowest BCUT2D eigenvalue weighted by Crippen LogP contribution is -2.54. The van der Waals surface area contributed by atoms with E-state index in [-0.39, 0.29) is 24.2 Å². The largest absolute Gasteiger partial charge is 0.390 e. The number of nitrogens with zero attached hydrogens (tertiary/aromatic N) is 1. The summed E-state index contributed by atoms with van der Waals surface area (Å²) in [5.74, 6) is 0.308. The van der Waals surface area contributed by atoms with Crippen LogP contribution < -0.4 is 10.6 Å². The summed E-state index contributed by atoms with van der Waals surface area (Å²) < 4.78 is 0. The average molecular weight is 426 g/mol. The second kappa shape index (κ2) is 11.9. The van der Waals surface area contributed by atoms with Crippen LogP contribution in [0.2, 0.25) is 0 Å². The van der Waals surface area contributed by atoms with Crippen LogP contribution >= 0.6 is 0 Å².